The van der Waals surface area contributed by atoms with Gasteiger partial charge in [-0.1, -0.05) is 18.2 Å². The lowest BCUT2D eigenvalue weighted by Crippen LogP contribution is -2.39. The number of amides is 1. The summed E-state index contributed by atoms with van der Waals surface area (Å²) < 4.78 is 38.4. The molecule has 0 aliphatic carbocycles. The smallest absolute Gasteiger partial charge is 0.264 e. The Bertz CT molecular complexity index is 1210. The van der Waals surface area contributed by atoms with Crippen molar-refractivity contribution in [2.24, 2.45) is 5.10 Å². The van der Waals surface area contributed by atoms with Gasteiger partial charge in [-0.3, -0.25) is 9.10 Å². The lowest BCUT2D eigenvalue weighted by atomic mass is 10.2. The van der Waals surface area contributed by atoms with Crippen molar-refractivity contribution in [1.82, 2.24) is 5.43 Å². The molecule has 0 atom stereocenters. The van der Waals surface area contributed by atoms with Crippen LogP contribution < -0.4 is 19.2 Å². The zero-order chi connectivity index (χ0) is 24.6. The standard InChI is InChI=1S/C25H27N3O5S/c1-19(2)33-23-11-9-20(10-12-23)17-26-27-25(29)18-28(21-7-5-4-6-8-21)34(30,31)24-15-13-22(32-3)14-16-24/h4-17,19H,18H2,1-3H3,(H,27,29)/b26-17-. The van der Waals surface area contributed by atoms with Gasteiger partial charge in [0, 0.05) is 0 Å². The van der Waals surface area contributed by atoms with Gasteiger partial charge in [-0.05, 0) is 80.1 Å². The second-order valence-corrected chi connectivity index (χ2v) is 9.41. The first-order chi connectivity index (χ1) is 16.3. The molecule has 3 aromatic rings. The number of hydrogen-bond donors (Lipinski definition) is 1. The van der Waals surface area contributed by atoms with E-state index in [0.29, 0.717) is 11.4 Å². The summed E-state index contributed by atoms with van der Waals surface area (Å²) in [6.45, 7) is 3.44. The predicted octanol–water partition coefficient (Wildman–Crippen LogP) is 3.83. The number of sulfonamides is 1. The van der Waals surface area contributed by atoms with Crippen LogP contribution in [0.4, 0.5) is 5.69 Å². The monoisotopic (exact) mass is 481 g/mol. The molecular weight excluding hydrogens is 454 g/mol. The van der Waals surface area contributed by atoms with Gasteiger partial charge in [-0.15, -0.1) is 0 Å². The fourth-order valence-corrected chi connectivity index (χ4v) is 4.45. The molecule has 0 fully saturated rings. The normalized spacial score (nSPS) is 11.4. The Morgan fingerprint density at radius 2 is 1.59 bits per heavy atom. The summed E-state index contributed by atoms with van der Waals surface area (Å²) in [5.41, 5.74) is 3.50. The quantitative estimate of drug-likeness (QED) is 0.351. The molecule has 1 amide bonds. The number of hydrazone groups is 1. The van der Waals surface area contributed by atoms with Crippen LogP contribution in [0.25, 0.3) is 0 Å². The molecule has 178 valence electrons. The molecule has 8 nitrogen and oxygen atoms in total. The van der Waals surface area contributed by atoms with Gasteiger partial charge in [-0.25, -0.2) is 13.8 Å². The predicted molar refractivity (Wildman–Crippen MR) is 132 cm³/mol. The van der Waals surface area contributed by atoms with Gasteiger partial charge in [-0.2, -0.15) is 5.10 Å². The molecule has 0 bridgehead atoms. The molecule has 0 aliphatic rings. The Morgan fingerprint density at radius 3 is 2.18 bits per heavy atom. The van der Waals surface area contributed by atoms with Crippen LogP contribution in [0.1, 0.15) is 19.4 Å². The maximum atomic E-state index is 13.3. The number of para-hydroxylation sites is 1. The Balaban J connectivity index is 1.73. The van der Waals surface area contributed by atoms with Crippen LogP contribution in [0.3, 0.4) is 0 Å². The van der Waals surface area contributed by atoms with Crippen molar-refractivity contribution < 1.29 is 22.7 Å². The number of nitrogens with zero attached hydrogens (tertiary/aromatic N) is 2. The number of methoxy groups -OCH3 is 1. The lowest BCUT2D eigenvalue weighted by molar-refractivity contribution is -0.119. The molecule has 3 rings (SSSR count). The molecule has 0 saturated carbocycles. The molecule has 0 aliphatic heterocycles. The van der Waals surface area contributed by atoms with E-state index in [2.05, 4.69) is 10.5 Å². The first kappa shape index (κ1) is 24.8. The van der Waals surface area contributed by atoms with E-state index in [1.54, 1.807) is 54.6 Å². The largest absolute Gasteiger partial charge is 0.497 e. The molecule has 0 unspecified atom stereocenters. The molecule has 34 heavy (non-hydrogen) atoms. The summed E-state index contributed by atoms with van der Waals surface area (Å²) in [6, 6.07) is 21.6. The van der Waals surface area contributed by atoms with Crippen LogP contribution in [-0.2, 0) is 14.8 Å². The van der Waals surface area contributed by atoms with Gasteiger partial charge in [0.05, 0.1) is 30.0 Å². The maximum absolute atomic E-state index is 13.3. The fourth-order valence-electron chi connectivity index (χ4n) is 3.03. The molecule has 0 heterocycles. The first-order valence-corrected chi connectivity index (χ1v) is 12.0. The van der Waals surface area contributed by atoms with Crippen molar-refractivity contribution >= 4 is 27.8 Å². The number of carbonyl (C=O) groups is 1. The van der Waals surface area contributed by atoms with Gasteiger partial charge < -0.3 is 9.47 Å². The Kier molecular flexibility index (Phi) is 8.26. The van der Waals surface area contributed by atoms with Crippen molar-refractivity contribution in [3.05, 3.63) is 84.4 Å². The highest BCUT2D eigenvalue weighted by Gasteiger charge is 2.27. The van der Waals surface area contributed by atoms with Gasteiger partial charge >= 0.3 is 0 Å². The van der Waals surface area contributed by atoms with Crippen molar-refractivity contribution in [2.45, 2.75) is 24.8 Å². The highest BCUT2D eigenvalue weighted by atomic mass is 32.2. The van der Waals surface area contributed by atoms with Crippen molar-refractivity contribution in [1.29, 1.82) is 0 Å². The zero-order valence-electron chi connectivity index (χ0n) is 19.2. The Labute approximate surface area is 199 Å². The summed E-state index contributed by atoms with van der Waals surface area (Å²) in [7, 11) is -2.52. The molecule has 0 aromatic heterocycles. The Morgan fingerprint density at radius 1 is 0.971 bits per heavy atom. The third kappa shape index (κ3) is 6.58. The number of ether oxygens (including phenoxy) is 2. The summed E-state index contributed by atoms with van der Waals surface area (Å²) in [6.07, 6.45) is 1.54. The second-order valence-electron chi connectivity index (χ2n) is 7.55. The molecule has 0 radical (unpaired) electrons. The van der Waals surface area contributed by atoms with Crippen molar-refractivity contribution in [3.63, 3.8) is 0 Å². The van der Waals surface area contributed by atoms with E-state index in [1.807, 2.05) is 26.0 Å². The van der Waals surface area contributed by atoms with E-state index in [1.165, 1.54) is 25.5 Å². The molecular formula is C25H27N3O5S. The minimum Gasteiger partial charge on any atom is -0.497 e. The molecule has 0 spiro atoms. The van der Waals surface area contributed by atoms with Crippen LogP contribution in [0, 0.1) is 0 Å². The molecule has 9 heteroatoms. The van der Waals surface area contributed by atoms with E-state index in [9.17, 15) is 13.2 Å². The minimum absolute atomic E-state index is 0.0390. The first-order valence-electron chi connectivity index (χ1n) is 10.6. The topological polar surface area (TPSA) is 97.3 Å². The fraction of sp³-hybridized carbons (Fsp3) is 0.200. The van der Waals surface area contributed by atoms with Crippen molar-refractivity contribution in [3.8, 4) is 11.5 Å². The summed E-state index contributed by atoms with van der Waals surface area (Å²) in [5, 5.41) is 3.95. The average Bonchev–Trinajstić information content (AvgIpc) is 2.84. The number of rotatable bonds is 10. The third-order valence-corrected chi connectivity index (χ3v) is 6.42. The number of anilines is 1. The highest BCUT2D eigenvalue weighted by molar-refractivity contribution is 7.92. The van der Waals surface area contributed by atoms with Crippen LogP contribution in [-0.4, -0.2) is 40.3 Å². The van der Waals surface area contributed by atoms with Gasteiger partial charge in [0.2, 0.25) is 0 Å². The zero-order valence-corrected chi connectivity index (χ0v) is 20.0. The average molecular weight is 482 g/mol. The van der Waals surface area contributed by atoms with Gasteiger partial charge in [0.1, 0.15) is 18.0 Å². The van der Waals surface area contributed by atoms with Gasteiger partial charge in [0.25, 0.3) is 15.9 Å². The van der Waals surface area contributed by atoms with Crippen LogP contribution in [0.5, 0.6) is 11.5 Å². The number of benzene rings is 3. The number of carbonyl (C=O) groups excluding carboxylic acids is 1. The molecule has 3 aromatic carbocycles. The van der Waals surface area contributed by atoms with Crippen molar-refractivity contribution in [2.75, 3.05) is 18.0 Å². The minimum atomic E-state index is -4.01. The third-order valence-electron chi connectivity index (χ3n) is 4.63. The van der Waals surface area contributed by atoms with E-state index in [4.69, 9.17) is 9.47 Å². The van der Waals surface area contributed by atoms with E-state index in [-0.39, 0.29) is 11.0 Å². The van der Waals surface area contributed by atoms with Gasteiger partial charge in [0.15, 0.2) is 0 Å². The summed E-state index contributed by atoms with van der Waals surface area (Å²) in [5.74, 6) is 0.677. The lowest BCUT2D eigenvalue weighted by Gasteiger charge is -2.23. The van der Waals surface area contributed by atoms with E-state index >= 15 is 0 Å². The number of nitrogens with one attached hydrogen (secondary N) is 1. The van der Waals surface area contributed by atoms with E-state index < -0.39 is 22.5 Å². The highest BCUT2D eigenvalue weighted by Crippen LogP contribution is 2.24. The van der Waals surface area contributed by atoms with Crippen LogP contribution in [0.15, 0.2) is 88.9 Å². The molecule has 0 saturated heterocycles. The van der Waals surface area contributed by atoms with E-state index in [0.717, 1.165) is 15.6 Å². The number of hydrogen-bond acceptors (Lipinski definition) is 6. The Hall–Kier alpha value is -3.85. The summed E-state index contributed by atoms with van der Waals surface area (Å²) >= 11 is 0. The van der Waals surface area contributed by atoms with Crippen LogP contribution >= 0.6 is 0 Å². The maximum Gasteiger partial charge on any atom is 0.264 e. The molecule has 1 N–H and O–H groups in total. The SMILES string of the molecule is COc1ccc(S(=O)(=O)N(CC(=O)N/N=C\c2ccc(OC(C)C)cc2)c2ccccc2)cc1. The summed E-state index contributed by atoms with van der Waals surface area (Å²) in [4.78, 5) is 12.6. The second kappa shape index (κ2) is 11.3. The van der Waals surface area contributed by atoms with Crippen LogP contribution in [0.2, 0.25) is 0 Å².